The number of nitrogens with zero attached hydrogens (tertiary/aromatic N) is 1. The summed E-state index contributed by atoms with van der Waals surface area (Å²) in [5.74, 6) is 1.88. The molecule has 18 heavy (non-hydrogen) atoms. The fourth-order valence-electron chi connectivity index (χ4n) is 3.29. The molecule has 110 valence electrons. The van der Waals surface area contributed by atoms with Crippen LogP contribution in [0.15, 0.2) is 0 Å². The lowest BCUT2D eigenvalue weighted by Crippen LogP contribution is -2.42. The summed E-state index contributed by atoms with van der Waals surface area (Å²) in [5.41, 5.74) is 0. The maximum atomic E-state index is 8.88. The highest BCUT2D eigenvalue weighted by atomic mass is 35.5. The molecule has 0 bridgehead atoms. The van der Waals surface area contributed by atoms with Gasteiger partial charge in [-0.25, -0.2) is 0 Å². The van der Waals surface area contributed by atoms with Crippen molar-refractivity contribution in [3.05, 3.63) is 0 Å². The molecule has 2 saturated heterocycles. The van der Waals surface area contributed by atoms with Gasteiger partial charge in [0.1, 0.15) is 0 Å². The lowest BCUT2D eigenvalue weighted by molar-refractivity contribution is 0.111. The zero-order chi connectivity index (χ0) is 11.2. The molecule has 0 spiro atoms. The molecule has 2 aliphatic heterocycles. The van der Waals surface area contributed by atoms with Crippen LogP contribution in [0.4, 0.5) is 0 Å². The number of likely N-dealkylation sites (tertiary alicyclic amines) is 1. The molecule has 0 amide bonds. The van der Waals surface area contributed by atoms with Gasteiger partial charge >= 0.3 is 0 Å². The van der Waals surface area contributed by atoms with Gasteiger partial charge in [-0.05, 0) is 63.6 Å². The van der Waals surface area contributed by atoms with Crippen LogP contribution in [-0.4, -0.2) is 49.3 Å². The highest BCUT2D eigenvalue weighted by Crippen LogP contribution is 2.29. The van der Waals surface area contributed by atoms with E-state index in [4.69, 9.17) is 5.11 Å². The molecule has 5 heteroatoms. The van der Waals surface area contributed by atoms with Gasteiger partial charge < -0.3 is 15.3 Å². The fraction of sp³-hybridized carbons (Fsp3) is 1.00. The smallest absolute Gasteiger partial charge is 0.0443 e. The zero-order valence-corrected chi connectivity index (χ0v) is 12.8. The van der Waals surface area contributed by atoms with Crippen molar-refractivity contribution in [1.29, 1.82) is 0 Å². The number of nitrogens with one attached hydrogen (secondary N) is 1. The van der Waals surface area contributed by atoms with E-state index in [2.05, 4.69) is 10.2 Å². The topological polar surface area (TPSA) is 35.5 Å². The predicted octanol–water partition coefficient (Wildman–Crippen LogP) is 1.92. The molecule has 2 heterocycles. The Morgan fingerprint density at radius 3 is 2.44 bits per heavy atom. The molecule has 2 rings (SSSR count). The third-order valence-corrected chi connectivity index (χ3v) is 4.22. The average Bonchev–Trinajstić information content (AvgIpc) is 2.38. The second-order valence-corrected chi connectivity index (χ2v) is 5.37. The summed E-state index contributed by atoms with van der Waals surface area (Å²) < 4.78 is 0. The van der Waals surface area contributed by atoms with E-state index in [0.29, 0.717) is 6.61 Å². The average molecular weight is 299 g/mol. The molecule has 0 aromatic heterocycles. The first-order chi connectivity index (χ1) is 7.90. The third kappa shape index (κ3) is 5.62. The van der Waals surface area contributed by atoms with E-state index < -0.39 is 0 Å². The Labute approximate surface area is 124 Å². The van der Waals surface area contributed by atoms with Gasteiger partial charge in [-0.3, -0.25) is 0 Å². The first-order valence-corrected chi connectivity index (χ1v) is 6.94. The highest BCUT2D eigenvalue weighted by Gasteiger charge is 2.27. The van der Waals surface area contributed by atoms with Crippen LogP contribution in [-0.2, 0) is 0 Å². The Bertz CT molecular complexity index is 201. The molecule has 0 saturated carbocycles. The van der Waals surface area contributed by atoms with Crippen molar-refractivity contribution < 1.29 is 5.11 Å². The minimum absolute atomic E-state index is 0. The predicted molar refractivity (Wildman–Crippen MR) is 81.0 cm³/mol. The first kappa shape index (κ1) is 18.5. The first-order valence-electron chi connectivity index (χ1n) is 6.94. The minimum atomic E-state index is 0. The van der Waals surface area contributed by atoms with Crippen molar-refractivity contribution in [3.8, 4) is 0 Å². The van der Waals surface area contributed by atoms with Crippen molar-refractivity contribution in [1.82, 2.24) is 10.2 Å². The van der Waals surface area contributed by atoms with Gasteiger partial charge in [-0.15, -0.1) is 24.8 Å². The summed E-state index contributed by atoms with van der Waals surface area (Å²) in [4.78, 5) is 2.56. The quantitative estimate of drug-likeness (QED) is 0.832. The van der Waals surface area contributed by atoms with E-state index in [1.165, 1.54) is 51.9 Å². The van der Waals surface area contributed by atoms with Crippen molar-refractivity contribution in [2.45, 2.75) is 32.1 Å². The summed E-state index contributed by atoms with van der Waals surface area (Å²) in [6.45, 7) is 6.41. The maximum Gasteiger partial charge on any atom is 0.0443 e. The molecular formula is C13H28Cl2N2O. The highest BCUT2D eigenvalue weighted by molar-refractivity contribution is 5.85. The van der Waals surface area contributed by atoms with E-state index in [-0.39, 0.29) is 24.8 Å². The summed E-state index contributed by atoms with van der Waals surface area (Å²) in [7, 11) is 0. The SMILES string of the molecule is Cl.Cl.OCCCN1CCC[C@H](C2CCNCC2)C1. The molecule has 2 N–H and O–H groups in total. The molecule has 2 aliphatic rings. The van der Waals surface area contributed by atoms with E-state index in [1.807, 2.05) is 0 Å². The molecule has 0 aromatic carbocycles. The van der Waals surface area contributed by atoms with Crippen LogP contribution in [0.5, 0.6) is 0 Å². The molecule has 0 aliphatic carbocycles. The Morgan fingerprint density at radius 2 is 1.78 bits per heavy atom. The second kappa shape index (κ2) is 10.3. The monoisotopic (exact) mass is 298 g/mol. The maximum absolute atomic E-state index is 8.88. The molecular weight excluding hydrogens is 271 g/mol. The number of piperidine rings is 2. The van der Waals surface area contributed by atoms with Crippen LogP contribution in [0.3, 0.4) is 0 Å². The van der Waals surface area contributed by atoms with Crippen molar-refractivity contribution in [2.75, 3.05) is 39.3 Å². The van der Waals surface area contributed by atoms with Crippen LogP contribution in [0.25, 0.3) is 0 Å². The van der Waals surface area contributed by atoms with Crippen LogP contribution < -0.4 is 5.32 Å². The molecule has 0 radical (unpaired) electrons. The summed E-state index contributed by atoms with van der Waals surface area (Å²) in [6, 6.07) is 0. The fourth-order valence-corrected chi connectivity index (χ4v) is 3.29. The Morgan fingerprint density at radius 1 is 1.06 bits per heavy atom. The van der Waals surface area contributed by atoms with E-state index in [1.54, 1.807) is 0 Å². The van der Waals surface area contributed by atoms with Crippen LogP contribution in [0, 0.1) is 11.8 Å². The van der Waals surface area contributed by atoms with E-state index in [9.17, 15) is 0 Å². The van der Waals surface area contributed by atoms with E-state index in [0.717, 1.165) is 24.8 Å². The van der Waals surface area contributed by atoms with E-state index >= 15 is 0 Å². The summed E-state index contributed by atoms with van der Waals surface area (Å²) in [5, 5.41) is 12.3. The normalized spacial score (nSPS) is 26.2. The minimum Gasteiger partial charge on any atom is -0.396 e. The van der Waals surface area contributed by atoms with Gasteiger partial charge in [0.25, 0.3) is 0 Å². The number of halogens is 2. The van der Waals surface area contributed by atoms with Gasteiger partial charge in [-0.2, -0.15) is 0 Å². The van der Waals surface area contributed by atoms with Crippen LogP contribution >= 0.6 is 24.8 Å². The Balaban J connectivity index is 0.00000144. The zero-order valence-electron chi connectivity index (χ0n) is 11.1. The standard InChI is InChI=1S/C13H26N2O.2ClH/c16-10-2-9-15-8-1-3-13(11-15)12-4-6-14-7-5-12;;/h12-14,16H,1-11H2;2*1H/t13-;;/m0../s1. The third-order valence-electron chi connectivity index (χ3n) is 4.22. The van der Waals surface area contributed by atoms with Crippen molar-refractivity contribution >= 4 is 24.8 Å². The number of hydrogen-bond acceptors (Lipinski definition) is 3. The number of aliphatic hydroxyl groups is 1. The van der Waals surface area contributed by atoms with Crippen molar-refractivity contribution in [2.24, 2.45) is 11.8 Å². The van der Waals surface area contributed by atoms with Gasteiger partial charge in [0, 0.05) is 19.7 Å². The van der Waals surface area contributed by atoms with Gasteiger partial charge in [0.05, 0.1) is 0 Å². The summed E-state index contributed by atoms with van der Waals surface area (Å²) >= 11 is 0. The Kier molecular flexibility index (Phi) is 10.5. The Hall–Kier alpha value is 0.460. The molecule has 1 atom stereocenters. The van der Waals surface area contributed by atoms with Crippen LogP contribution in [0.2, 0.25) is 0 Å². The molecule has 0 unspecified atom stereocenters. The lowest BCUT2D eigenvalue weighted by Gasteiger charge is -2.38. The van der Waals surface area contributed by atoms with Crippen LogP contribution in [0.1, 0.15) is 32.1 Å². The van der Waals surface area contributed by atoms with Gasteiger partial charge in [0.2, 0.25) is 0 Å². The van der Waals surface area contributed by atoms with Gasteiger partial charge in [0.15, 0.2) is 0 Å². The number of rotatable bonds is 4. The molecule has 3 nitrogen and oxygen atoms in total. The number of hydrogen-bond donors (Lipinski definition) is 2. The largest absolute Gasteiger partial charge is 0.396 e. The number of aliphatic hydroxyl groups excluding tert-OH is 1. The summed E-state index contributed by atoms with van der Waals surface area (Å²) in [6.07, 6.45) is 6.48. The second-order valence-electron chi connectivity index (χ2n) is 5.37. The van der Waals surface area contributed by atoms with Gasteiger partial charge in [-0.1, -0.05) is 0 Å². The lowest BCUT2D eigenvalue weighted by atomic mass is 9.80. The molecule has 2 fully saturated rings. The molecule has 0 aromatic rings. The van der Waals surface area contributed by atoms with Crippen molar-refractivity contribution in [3.63, 3.8) is 0 Å².